The van der Waals surface area contributed by atoms with E-state index in [1.54, 1.807) is 12.1 Å². The number of halogens is 3. The van der Waals surface area contributed by atoms with Crippen molar-refractivity contribution < 1.29 is 9.13 Å². The van der Waals surface area contributed by atoms with Gasteiger partial charge < -0.3 is 4.74 Å². The van der Waals surface area contributed by atoms with Crippen LogP contribution in [0.15, 0.2) is 22.7 Å². The zero-order valence-electron chi connectivity index (χ0n) is 7.40. The van der Waals surface area contributed by atoms with E-state index in [0.717, 1.165) is 12.8 Å². The highest BCUT2D eigenvalue weighted by Crippen LogP contribution is 2.41. The van der Waals surface area contributed by atoms with Gasteiger partial charge in [0.05, 0.1) is 10.4 Å². The SMILES string of the molecule is Fc1ccc(OC2(CCl)CC2)cc1Br. The molecular weight excluding hydrogens is 270 g/mol. The molecule has 0 bridgehead atoms. The molecule has 1 aromatic rings. The molecule has 1 fully saturated rings. The molecule has 0 unspecified atom stereocenters. The van der Waals surface area contributed by atoms with Crippen molar-refractivity contribution in [1.82, 2.24) is 0 Å². The Morgan fingerprint density at radius 2 is 2.21 bits per heavy atom. The molecule has 0 heterocycles. The predicted molar refractivity (Wildman–Crippen MR) is 57.4 cm³/mol. The van der Waals surface area contributed by atoms with Crippen LogP contribution in [0.4, 0.5) is 4.39 Å². The highest BCUT2D eigenvalue weighted by Gasteiger charge is 2.44. The molecule has 0 spiro atoms. The van der Waals surface area contributed by atoms with Crippen LogP contribution in [0.1, 0.15) is 12.8 Å². The normalized spacial score (nSPS) is 17.9. The summed E-state index contributed by atoms with van der Waals surface area (Å²) in [4.78, 5) is 0. The monoisotopic (exact) mass is 278 g/mol. The summed E-state index contributed by atoms with van der Waals surface area (Å²) >= 11 is 8.87. The van der Waals surface area contributed by atoms with Crippen molar-refractivity contribution >= 4 is 27.5 Å². The number of benzene rings is 1. The van der Waals surface area contributed by atoms with E-state index in [1.807, 2.05) is 0 Å². The van der Waals surface area contributed by atoms with Crippen LogP contribution in [0.2, 0.25) is 0 Å². The summed E-state index contributed by atoms with van der Waals surface area (Å²) in [6.45, 7) is 0. The fourth-order valence-electron chi connectivity index (χ4n) is 1.19. The summed E-state index contributed by atoms with van der Waals surface area (Å²) in [5.41, 5.74) is -0.196. The van der Waals surface area contributed by atoms with E-state index < -0.39 is 0 Å². The fraction of sp³-hybridized carbons (Fsp3) is 0.400. The Hall–Kier alpha value is -0.280. The number of rotatable bonds is 3. The van der Waals surface area contributed by atoms with Crippen molar-refractivity contribution in [3.63, 3.8) is 0 Å². The lowest BCUT2D eigenvalue weighted by Gasteiger charge is -2.15. The minimum Gasteiger partial charge on any atom is -0.486 e. The molecule has 1 nitrogen and oxygen atoms in total. The largest absolute Gasteiger partial charge is 0.486 e. The first-order valence-corrected chi connectivity index (χ1v) is 5.68. The van der Waals surface area contributed by atoms with Gasteiger partial charge in [0, 0.05) is 0 Å². The van der Waals surface area contributed by atoms with Crippen LogP contribution in [0.5, 0.6) is 5.75 Å². The Morgan fingerprint density at radius 1 is 1.50 bits per heavy atom. The standard InChI is InChI=1S/C10H9BrClFO/c11-8-5-7(1-2-9(8)13)14-10(6-12)3-4-10/h1-2,5H,3-4,6H2. The van der Waals surface area contributed by atoms with E-state index in [4.69, 9.17) is 16.3 Å². The molecule has 1 aromatic carbocycles. The lowest BCUT2D eigenvalue weighted by Crippen LogP contribution is -2.19. The van der Waals surface area contributed by atoms with Crippen molar-refractivity contribution in [3.8, 4) is 5.75 Å². The molecule has 1 saturated carbocycles. The zero-order chi connectivity index (χ0) is 10.2. The van der Waals surface area contributed by atoms with E-state index >= 15 is 0 Å². The molecule has 14 heavy (non-hydrogen) atoms. The summed E-state index contributed by atoms with van der Waals surface area (Å²) in [6.07, 6.45) is 1.96. The second-order valence-corrected chi connectivity index (χ2v) is 4.62. The van der Waals surface area contributed by atoms with Crippen molar-refractivity contribution in [2.24, 2.45) is 0 Å². The van der Waals surface area contributed by atoms with Gasteiger partial charge in [-0.25, -0.2) is 4.39 Å². The molecule has 0 saturated heterocycles. The molecular formula is C10H9BrClFO. The van der Waals surface area contributed by atoms with E-state index in [1.165, 1.54) is 6.07 Å². The second kappa shape index (κ2) is 3.70. The van der Waals surface area contributed by atoms with Gasteiger partial charge in [-0.2, -0.15) is 0 Å². The molecule has 0 N–H and O–H groups in total. The molecule has 0 radical (unpaired) electrons. The van der Waals surface area contributed by atoms with Gasteiger partial charge in [0.15, 0.2) is 0 Å². The van der Waals surface area contributed by atoms with Gasteiger partial charge in [0.25, 0.3) is 0 Å². The third kappa shape index (κ3) is 2.04. The number of hydrogen-bond acceptors (Lipinski definition) is 1. The van der Waals surface area contributed by atoms with Gasteiger partial charge in [-0.1, -0.05) is 0 Å². The molecule has 1 aliphatic carbocycles. The van der Waals surface area contributed by atoms with Crippen LogP contribution in [0, 0.1) is 5.82 Å². The van der Waals surface area contributed by atoms with E-state index in [-0.39, 0.29) is 11.4 Å². The van der Waals surface area contributed by atoms with Crippen molar-refractivity contribution in [3.05, 3.63) is 28.5 Å². The maximum atomic E-state index is 12.9. The maximum Gasteiger partial charge on any atom is 0.137 e. The lowest BCUT2D eigenvalue weighted by atomic mass is 10.3. The van der Waals surface area contributed by atoms with Gasteiger partial charge in [-0.05, 0) is 47.0 Å². The first kappa shape index (κ1) is 10.2. The summed E-state index contributed by atoms with van der Waals surface area (Å²) in [5.74, 6) is 0.867. The van der Waals surface area contributed by atoms with E-state index in [9.17, 15) is 4.39 Å². The smallest absolute Gasteiger partial charge is 0.137 e. The maximum absolute atomic E-state index is 12.9. The average Bonchev–Trinajstić information content (AvgIpc) is 2.93. The van der Waals surface area contributed by atoms with Crippen LogP contribution < -0.4 is 4.74 Å². The number of ether oxygens (including phenoxy) is 1. The first-order valence-electron chi connectivity index (χ1n) is 4.35. The van der Waals surface area contributed by atoms with E-state index in [0.29, 0.717) is 16.1 Å². The Bertz CT molecular complexity index is 352. The van der Waals surface area contributed by atoms with E-state index in [2.05, 4.69) is 15.9 Å². The molecule has 4 heteroatoms. The zero-order valence-corrected chi connectivity index (χ0v) is 9.74. The van der Waals surface area contributed by atoms with Crippen LogP contribution >= 0.6 is 27.5 Å². The van der Waals surface area contributed by atoms with Gasteiger partial charge in [0.1, 0.15) is 17.2 Å². The van der Waals surface area contributed by atoms with Crippen LogP contribution in [0.3, 0.4) is 0 Å². The highest BCUT2D eigenvalue weighted by molar-refractivity contribution is 9.10. The average molecular weight is 280 g/mol. The Balaban J connectivity index is 2.14. The van der Waals surface area contributed by atoms with Gasteiger partial charge in [-0.15, -0.1) is 11.6 Å². The third-order valence-corrected chi connectivity index (χ3v) is 3.37. The fourth-order valence-corrected chi connectivity index (χ4v) is 1.87. The molecule has 0 atom stereocenters. The van der Waals surface area contributed by atoms with Gasteiger partial charge >= 0.3 is 0 Å². The highest BCUT2D eigenvalue weighted by atomic mass is 79.9. The van der Waals surface area contributed by atoms with Gasteiger partial charge in [0.2, 0.25) is 0 Å². The minimum atomic E-state index is -0.284. The lowest BCUT2D eigenvalue weighted by molar-refractivity contribution is 0.203. The summed E-state index contributed by atoms with van der Waals surface area (Å²) in [6, 6.07) is 4.62. The van der Waals surface area contributed by atoms with Crippen molar-refractivity contribution in [2.45, 2.75) is 18.4 Å². The second-order valence-electron chi connectivity index (χ2n) is 3.49. The first-order chi connectivity index (χ1) is 6.65. The summed E-state index contributed by atoms with van der Waals surface area (Å²) in [5, 5.41) is 0. The Kier molecular flexibility index (Phi) is 2.71. The summed E-state index contributed by atoms with van der Waals surface area (Å²) < 4.78 is 19.0. The minimum absolute atomic E-state index is 0.196. The molecule has 2 rings (SSSR count). The number of hydrogen-bond donors (Lipinski definition) is 0. The Labute approximate surface area is 95.3 Å². The topological polar surface area (TPSA) is 9.23 Å². The molecule has 0 amide bonds. The molecule has 1 aliphatic rings. The van der Waals surface area contributed by atoms with Gasteiger partial charge in [-0.3, -0.25) is 0 Å². The van der Waals surface area contributed by atoms with Crippen molar-refractivity contribution in [1.29, 1.82) is 0 Å². The van der Waals surface area contributed by atoms with Crippen LogP contribution in [-0.2, 0) is 0 Å². The van der Waals surface area contributed by atoms with Crippen molar-refractivity contribution in [2.75, 3.05) is 5.88 Å². The predicted octanol–water partition coefficient (Wildman–Crippen LogP) is 3.74. The molecule has 0 aliphatic heterocycles. The number of alkyl halides is 1. The quantitative estimate of drug-likeness (QED) is 0.766. The third-order valence-electron chi connectivity index (χ3n) is 2.28. The molecule has 76 valence electrons. The Morgan fingerprint density at radius 3 is 2.71 bits per heavy atom. The molecule has 0 aromatic heterocycles. The van der Waals surface area contributed by atoms with Crippen LogP contribution in [0.25, 0.3) is 0 Å². The summed E-state index contributed by atoms with van der Waals surface area (Å²) in [7, 11) is 0. The van der Waals surface area contributed by atoms with Crippen LogP contribution in [-0.4, -0.2) is 11.5 Å².